The van der Waals surface area contributed by atoms with E-state index in [0.717, 1.165) is 56.7 Å². The third-order valence-corrected chi connectivity index (χ3v) is 3.77. The molecule has 0 spiro atoms. The van der Waals surface area contributed by atoms with Crippen molar-refractivity contribution in [2.45, 2.75) is 45.2 Å². The summed E-state index contributed by atoms with van der Waals surface area (Å²) < 4.78 is 5.40. The average molecular weight is 305 g/mol. The number of urea groups is 1. The molecule has 0 aromatic heterocycles. The van der Waals surface area contributed by atoms with Crippen molar-refractivity contribution in [1.82, 2.24) is 10.6 Å². The van der Waals surface area contributed by atoms with Gasteiger partial charge in [0.05, 0.1) is 0 Å². The Morgan fingerprint density at radius 2 is 2.05 bits per heavy atom. The molecular formula is C17H27N3O2. The molecule has 1 aromatic carbocycles. The van der Waals surface area contributed by atoms with E-state index in [4.69, 9.17) is 4.74 Å². The lowest BCUT2D eigenvalue weighted by atomic mass is 10.1. The minimum absolute atomic E-state index is 0.0971. The number of nitrogens with one attached hydrogen (secondary N) is 3. The summed E-state index contributed by atoms with van der Waals surface area (Å²) in [5.41, 5.74) is 2.22. The van der Waals surface area contributed by atoms with E-state index in [2.05, 4.69) is 22.9 Å². The third kappa shape index (κ3) is 5.93. The number of rotatable bonds is 6. The summed E-state index contributed by atoms with van der Waals surface area (Å²) in [5.74, 6) is 0. The molecule has 0 radical (unpaired) electrons. The van der Waals surface area contributed by atoms with E-state index in [1.54, 1.807) is 0 Å². The highest BCUT2D eigenvalue weighted by Gasteiger charge is 2.14. The van der Waals surface area contributed by atoms with E-state index in [1.165, 1.54) is 0 Å². The summed E-state index contributed by atoms with van der Waals surface area (Å²) in [6.45, 7) is 5.20. The van der Waals surface area contributed by atoms with E-state index in [0.29, 0.717) is 6.54 Å². The SMILES string of the molecule is CCCNc1ccc(CNC(=O)N[C@@H]2CCCOCC2)cc1. The summed E-state index contributed by atoms with van der Waals surface area (Å²) in [6, 6.07) is 8.30. The monoisotopic (exact) mass is 305 g/mol. The maximum atomic E-state index is 11.9. The van der Waals surface area contributed by atoms with Crippen LogP contribution < -0.4 is 16.0 Å². The number of ether oxygens (including phenoxy) is 1. The van der Waals surface area contributed by atoms with Crippen LogP contribution >= 0.6 is 0 Å². The van der Waals surface area contributed by atoms with E-state index in [1.807, 2.05) is 24.3 Å². The molecule has 5 nitrogen and oxygen atoms in total. The zero-order valence-electron chi connectivity index (χ0n) is 13.4. The number of anilines is 1. The molecule has 3 N–H and O–H groups in total. The van der Waals surface area contributed by atoms with Gasteiger partial charge in [-0.3, -0.25) is 0 Å². The molecule has 0 aliphatic carbocycles. The second-order valence-electron chi connectivity index (χ2n) is 5.69. The second kappa shape index (κ2) is 9.30. The fraction of sp³-hybridized carbons (Fsp3) is 0.588. The summed E-state index contributed by atoms with van der Waals surface area (Å²) >= 11 is 0. The predicted octanol–water partition coefficient (Wildman–Crippen LogP) is 2.88. The molecule has 1 aliphatic rings. The number of amides is 2. The van der Waals surface area contributed by atoms with Gasteiger partial charge in [0.1, 0.15) is 0 Å². The zero-order valence-corrected chi connectivity index (χ0v) is 13.4. The molecule has 1 saturated heterocycles. The van der Waals surface area contributed by atoms with E-state index in [9.17, 15) is 4.79 Å². The summed E-state index contributed by atoms with van der Waals surface area (Å²) in [5, 5.41) is 9.28. The molecule has 0 bridgehead atoms. The first-order valence-corrected chi connectivity index (χ1v) is 8.23. The number of hydrogen-bond donors (Lipinski definition) is 3. The highest BCUT2D eigenvalue weighted by Crippen LogP contribution is 2.10. The highest BCUT2D eigenvalue weighted by molar-refractivity contribution is 5.74. The van der Waals surface area contributed by atoms with Gasteiger partial charge in [0.2, 0.25) is 0 Å². The van der Waals surface area contributed by atoms with Crippen molar-refractivity contribution in [3.05, 3.63) is 29.8 Å². The molecule has 1 fully saturated rings. The van der Waals surface area contributed by atoms with Gasteiger partial charge in [0.25, 0.3) is 0 Å². The largest absolute Gasteiger partial charge is 0.385 e. The van der Waals surface area contributed by atoms with Gasteiger partial charge >= 0.3 is 6.03 Å². The Labute approximate surface area is 132 Å². The first kappa shape index (κ1) is 16.6. The summed E-state index contributed by atoms with van der Waals surface area (Å²) in [6.07, 6.45) is 4.00. The van der Waals surface area contributed by atoms with Crippen molar-refractivity contribution in [1.29, 1.82) is 0 Å². The van der Waals surface area contributed by atoms with Crippen molar-refractivity contribution >= 4 is 11.7 Å². The summed E-state index contributed by atoms with van der Waals surface area (Å²) in [4.78, 5) is 11.9. The fourth-order valence-electron chi connectivity index (χ4n) is 2.48. The first-order valence-electron chi connectivity index (χ1n) is 8.23. The van der Waals surface area contributed by atoms with Gasteiger partial charge in [-0.15, -0.1) is 0 Å². The maximum absolute atomic E-state index is 11.9. The molecule has 0 unspecified atom stereocenters. The Morgan fingerprint density at radius 3 is 2.82 bits per heavy atom. The van der Waals surface area contributed by atoms with Crippen LogP contribution in [-0.4, -0.2) is 31.8 Å². The molecule has 1 atom stereocenters. The van der Waals surface area contributed by atoms with Crippen LogP contribution in [0.15, 0.2) is 24.3 Å². The van der Waals surface area contributed by atoms with Crippen molar-refractivity contribution in [3.8, 4) is 0 Å². The predicted molar refractivity (Wildman–Crippen MR) is 89.1 cm³/mol. The van der Waals surface area contributed by atoms with Gasteiger partial charge in [-0.2, -0.15) is 0 Å². The van der Waals surface area contributed by atoms with Crippen molar-refractivity contribution in [2.24, 2.45) is 0 Å². The van der Waals surface area contributed by atoms with Crippen LogP contribution in [0.4, 0.5) is 10.5 Å². The molecule has 1 aromatic rings. The molecule has 22 heavy (non-hydrogen) atoms. The van der Waals surface area contributed by atoms with Gasteiger partial charge in [-0.05, 0) is 43.4 Å². The topological polar surface area (TPSA) is 62.4 Å². The first-order chi connectivity index (χ1) is 10.8. The Hall–Kier alpha value is -1.75. The lowest BCUT2D eigenvalue weighted by Crippen LogP contribution is -2.41. The Bertz CT molecular complexity index is 440. The van der Waals surface area contributed by atoms with Gasteiger partial charge in [-0.1, -0.05) is 19.1 Å². The quantitative estimate of drug-likeness (QED) is 0.757. The number of carbonyl (C=O) groups excluding carboxylic acids is 1. The van der Waals surface area contributed by atoms with Crippen molar-refractivity contribution < 1.29 is 9.53 Å². The number of benzene rings is 1. The van der Waals surface area contributed by atoms with Crippen molar-refractivity contribution in [2.75, 3.05) is 25.1 Å². The van der Waals surface area contributed by atoms with E-state index < -0.39 is 0 Å². The van der Waals surface area contributed by atoms with Crippen LogP contribution in [0.2, 0.25) is 0 Å². The zero-order chi connectivity index (χ0) is 15.6. The highest BCUT2D eigenvalue weighted by atomic mass is 16.5. The molecule has 2 rings (SSSR count). The smallest absolute Gasteiger partial charge is 0.315 e. The Kier molecular flexibility index (Phi) is 7.03. The molecular weight excluding hydrogens is 278 g/mol. The molecule has 1 heterocycles. The van der Waals surface area contributed by atoms with Gasteiger partial charge in [-0.25, -0.2) is 4.79 Å². The molecule has 5 heteroatoms. The van der Waals surface area contributed by atoms with Crippen LogP contribution in [0, 0.1) is 0 Å². The van der Waals surface area contributed by atoms with E-state index >= 15 is 0 Å². The summed E-state index contributed by atoms with van der Waals surface area (Å²) in [7, 11) is 0. The van der Waals surface area contributed by atoms with E-state index in [-0.39, 0.29) is 12.1 Å². The normalized spacial score (nSPS) is 18.3. The molecule has 2 amide bonds. The Balaban J connectivity index is 1.71. The number of carbonyl (C=O) groups is 1. The minimum Gasteiger partial charge on any atom is -0.385 e. The molecule has 0 saturated carbocycles. The van der Waals surface area contributed by atoms with Gasteiger partial charge in [0.15, 0.2) is 0 Å². The second-order valence-corrected chi connectivity index (χ2v) is 5.69. The third-order valence-electron chi connectivity index (χ3n) is 3.77. The van der Waals surface area contributed by atoms with Crippen molar-refractivity contribution in [3.63, 3.8) is 0 Å². The lowest BCUT2D eigenvalue weighted by molar-refractivity contribution is 0.143. The van der Waals surface area contributed by atoms with Gasteiger partial charge < -0.3 is 20.7 Å². The maximum Gasteiger partial charge on any atom is 0.315 e. The van der Waals surface area contributed by atoms with Crippen LogP contribution in [0.5, 0.6) is 0 Å². The Morgan fingerprint density at radius 1 is 1.23 bits per heavy atom. The molecule has 122 valence electrons. The van der Waals surface area contributed by atoms with Crippen LogP contribution in [0.1, 0.15) is 38.2 Å². The van der Waals surface area contributed by atoms with Gasteiger partial charge in [0, 0.05) is 38.0 Å². The number of hydrogen-bond acceptors (Lipinski definition) is 3. The lowest BCUT2D eigenvalue weighted by Gasteiger charge is -2.16. The molecule has 1 aliphatic heterocycles. The minimum atomic E-state index is -0.0971. The fourth-order valence-corrected chi connectivity index (χ4v) is 2.48. The van der Waals surface area contributed by atoms with Crippen LogP contribution in [-0.2, 0) is 11.3 Å². The van der Waals surface area contributed by atoms with Crippen LogP contribution in [0.3, 0.4) is 0 Å². The standard InChI is InChI=1S/C17H27N3O2/c1-2-10-18-15-7-5-14(6-8-15)13-19-17(21)20-16-4-3-11-22-12-9-16/h5-8,16,18H,2-4,9-13H2,1H3,(H2,19,20,21)/t16-/m1/s1. The average Bonchev–Trinajstić information content (AvgIpc) is 2.80. The van der Waals surface area contributed by atoms with Crippen LogP contribution in [0.25, 0.3) is 0 Å².